The maximum Gasteiger partial charge on any atom is 0.0839 e. The van der Waals surface area contributed by atoms with Gasteiger partial charge < -0.3 is 9.84 Å². The highest BCUT2D eigenvalue weighted by Crippen LogP contribution is 2.67. The molecule has 0 amide bonds. The second-order valence-electron chi connectivity index (χ2n) is 10.2. The molecular weight excluding hydrogens is 296 g/mol. The minimum absolute atomic E-state index is 0.0748. The Morgan fingerprint density at radius 3 is 2.50 bits per heavy atom. The molecule has 0 radical (unpaired) electrons. The van der Waals surface area contributed by atoms with Gasteiger partial charge in [-0.25, -0.2) is 0 Å². The number of fused-ring (bicyclic) bond motifs is 5. The molecular formula is C22H38O2. The van der Waals surface area contributed by atoms with E-state index in [0.717, 1.165) is 43.1 Å². The molecule has 0 aliphatic heterocycles. The summed E-state index contributed by atoms with van der Waals surface area (Å²) in [4.78, 5) is 0. The Bertz CT molecular complexity index is 477. The molecule has 4 fully saturated rings. The molecule has 4 rings (SSSR count). The van der Waals surface area contributed by atoms with E-state index in [4.69, 9.17) is 4.74 Å². The molecule has 0 aromatic carbocycles. The molecule has 1 N–H and O–H groups in total. The van der Waals surface area contributed by atoms with Gasteiger partial charge in [0.05, 0.1) is 12.2 Å². The van der Waals surface area contributed by atoms with Crippen LogP contribution in [0.15, 0.2) is 0 Å². The van der Waals surface area contributed by atoms with Crippen molar-refractivity contribution < 1.29 is 9.84 Å². The molecule has 9 atom stereocenters. The summed E-state index contributed by atoms with van der Waals surface area (Å²) in [6.07, 6.45) is 10.4. The Morgan fingerprint density at radius 2 is 1.75 bits per heavy atom. The molecule has 2 nitrogen and oxygen atoms in total. The zero-order valence-electron chi connectivity index (χ0n) is 16.3. The van der Waals surface area contributed by atoms with Gasteiger partial charge in [0.15, 0.2) is 0 Å². The standard InChI is InChI=1S/C22H38O2/c1-5-24-20-13-22(4)15(12-19(20)23)7-8-16-17-9-6-14(2)21(17,3)11-10-18(16)22/h14-20,23H,5-13H2,1-4H3/t14-,15-,16-,17-,18-,19-,20-,21+,22-/m0/s1. The fourth-order valence-corrected chi connectivity index (χ4v) is 7.90. The molecule has 2 heteroatoms. The number of hydrogen-bond donors (Lipinski definition) is 1. The first-order valence-corrected chi connectivity index (χ1v) is 10.7. The molecule has 4 aliphatic rings. The fraction of sp³-hybridized carbons (Fsp3) is 1.00. The lowest BCUT2D eigenvalue weighted by Crippen LogP contribution is -2.57. The van der Waals surface area contributed by atoms with Gasteiger partial charge >= 0.3 is 0 Å². The first kappa shape index (κ1) is 17.3. The summed E-state index contributed by atoms with van der Waals surface area (Å²) in [6.45, 7) is 10.5. The van der Waals surface area contributed by atoms with Crippen LogP contribution in [-0.2, 0) is 4.74 Å². The van der Waals surface area contributed by atoms with E-state index >= 15 is 0 Å². The van der Waals surface area contributed by atoms with Crippen LogP contribution in [0.1, 0.15) is 79.1 Å². The van der Waals surface area contributed by atoms with Crippen LogP contribution >= 0.6 is 0 Å². The van der Waals surface area contributed by atoms with Crippen LogP contribution in [0.2, 0.25) is 0 Å². The molecule has 0 bridgehead atoms. The van der Waals surface area contributed by atoms with Crippen LogP contribution in [0.3, 0.4) is 0 Å². The van der Waals surface area contributed by atoms with Gasteiger partial charge in [0.2, 0.25) is 0 Å². The molecule has 0 heterocycles. The lowest BCUT2D eigenvalue weighted by molar-refractivity contribution is -0.170. The molecule has 4 saturated carbocycles. The predicted octanol–water partition coefficient (Wildman–Crippen LogP) is 5.04. The third-order valence-electron chi connectivity index (χ3n) is 9.52. The van der Waals surface area contributed by atoms with E-state index in [9.17, 15) is 5.11 Å². The topological polar surface area (TPSA) is 29.5 Å². The smallest absolute Gasteiger partial charge is 0.0839 e. The Balaban J connectivity index is 1.60. The monoisotopic (exact) mass is 334 g/mol. The number of rotatable bonds is 2. The van der Waals surface area contributed by atoms with Crippen LogP contribution in [0.25, 0.3) is 0 Å². The Labute approximate surface area is 148 Å². The maximum absolute atomic E-state index is 10.6. The largest absolute Gasteiger partial charge is 0.390 e. The zero-order chi connectivity index (χ0) is 17.1. The Morgan fingerprint density at radius 1 is 1.00 bits per heavy atom. The number of aliphatic hydroxyl groups is 1. The quantitative estimate of drug-likeness (QED) is 0.766. The lowest BCUT2D eigenvalue weighted by atomic mass is 9.44. The molecule has 138 valence electrons. The molecule has 0 saturated heterocycles. The average molecular weight is 335 g/mol. The van der Waals surface area contributed by atoms with Gasteiger partial charge in [-0.15, -0.1) is 0 Å². The van der Waals surface area contributed by atoms with Gasteiger partial charge in [0.25, 0.3) is 0 Å². The number of aliphatic hydroxyl groups excluding tert-OH is 1. The van der Waals surface area contributed by atoms with Crippen molar-refractivity contribution in [2.75, 3.05) is 6.61 Å². The second kappa shape index (κ2) is 5.98. The van der Waals surface area contributed by atoms with Crippen LogP contribution in [0, 0.1) is 40.4 Å². The Hall–Kier alpha value is -0.0800. The highest BCUT2D eigenvalue weighted by Gasteiger charge is 2.60. The van der Waals surface area contributed by atoms with E-state index in [1.165, 1.54) is 38.5 Å². The Kier molecular flexibility index (Phi) is 4.32. The molecule has 0 unspecified atom stereocenters. The van der Waals surface area contributed by atoms with Gasteiger partial charge in [-0.1, -0.05) is 20.8 Å². The van der Waals surface area contributed by atoms with Gasteiger partial charge in [-0.2, -0.15) is 0 Å². The van der Waals surface area contributed by atoms with Gasteiger partial charge in [0.1, 0.15) is 0 Å². The van der Waals surface area contributed by atoms with E-state index in [-0.39, 0.29) is 12.2 Å². The average Bonchev–Trinajstić information content (AvgIpc) is 2.85. The molecule has 0 aromatic rings. The molecule has 4 aliphatic carbocycles. The summed E-state index contributed by atoms with van der Waals surface area (Å²) in [6, 6.07) is 0. The normalized spacial score (nSPS) is 57.1. The van der Waals surface area contributed by atoms with Crippen molar-refractivity contribution >= 4 is 0 Å². The van der Waals surface area contributed by atoms with Crippen molar-refractivity contribution in [1.29, 1.82) is 0 Å². The fourth-order valence-electron chi connectivity index (χ4n) is 7.90. The van der Waals surface area contributed by atoms with Gasteiger partial charge in [-0.3, -0.25) is 0 Å². The summed E-state index contributed by atoms with van der Waals surface area (Å²) < 4.78 is 5.96. The van der Waals surface area contributed by atoms with Crippen LogP contribution in [0.4, 0.5) is 0 Å². The number of ether oxygens (including phenoxy) is 1. The summed E-state index contributed by atoms with van der Waals surface area (Å²) in [7, 11) is 0. The summed E-state index contributed by atoms with van der Waals surface area (Å²) in [5.41, 5.74) is 1.01. The van der Waals surface area contributed by atoms with E-state index in [2.05, 4.69) is 27.7 Å². The van der Waals surface area contributed by atoms with Crippen LogP contribution < -0.4 is 0 Å². The highest BCUT2D eigenvalue weighted by atomic mass is 16.5. The SMILES string of the molecule is CCO[C@H]1C[C@@]2(C)[C@@H](CC[C@@H]3[C@@H]2CC[C@]2(C)[C@@H](C)CC[C@@H]32)C[C@@H]1O. The third kappa shape index (κ3) is 2.35. The second-order valence-corrected chi connectivity index (χ2v) is 10.2. The number of hydrogen-bond acceptors (Lipinski definition) is 2. The highest BCUT2D eigenvalue weighted by molar-refractivity contribution is 5.09. The van der Waals surface area contributed by atoms with E-state index < -0.39 is 0 Å². The van der Waals surface area contributed by atoms with E-state index in [1.54, 1.807) is 0 Å². The summed E-state index contributed by atoms with van der Waals surface area (Å²) in [5, 5.41) is 10.6. The summed E-state index contributed by atoms with van der Waals surface area (Å²) in [5.74, 6) is 4.40. The predicted molar refractivity (Wildman–Crippen MR) is 97.7 cm³/mol. The molecule has 0 spiro atoms. The van der Waals surface area contributed by atoms with Crippen molar-refractivity contribution in [3.05, 3.63) is 0 Å². The van der Waals surface area contributed by atoms with Crippen LogP contribution in [-0.4, -0.2) is 23.9 Å². The van der Waals surface area contributed by atoms with E-state index in [1.807, 2.05) is 0 Å². The lowest BCUT2D eigenvalue weighted by Gasteiger charge is -2.61. The van der Waals surface area contributed by atoms with E-state index in [0.29, 0.717) is 16.7 Å². The minimum atomic E-state index is -0.236. The minimum Gasteiger partial charge on any atom is -0.390 e. The molecule has 24 heavy (non-hydrogen) atoms. The zero-order valence-corrected chi connectivity index (χ0v) is 16.3. The molecule has 0 aromatic heterocycles. The van der Waals surface area contributed by atoms with Crippen LogP contribution in [0.5, 0.6) is 0 Å². The maximum atomic E-state index is 10.6. The third-order valence-corrected chi connectivity index (χ3v) is 9.52. The van der Waals surface area contributed by atoms with Crippen molar-refractivity contribution in [1.82, 2.24) is 0 Å². The van der Waals surface area contributed by atoms with Crippen molar-refractivity contribution in [2.24, 2.45) is 40.4 Å². The first-order valence-electron chi connectivity index (χ1n) is 10.7. The van der Waals surface area contributed by atoms with Gasteiger partial charge in [-0.05, 0) is 98.7 Å². The summed E-state index contributed by atoms with van der Waals surface area (Å²) >= 11 is 0. The van der Waals surface area contributed by atoms with Gasteiger partial charge in [0, 0.05) is 6.61 Å². The van der Waals surface area contributed by atoms with Crippen molar-refractivity contribution in [3.8, 4) is 0 Å². The van der Waals surface area contributed by atoms with Crippen molar-refractivity contribution in [3.63, 3.8) is 0 Å². The first-order chi connectivity index (χ1) is 11.4. The van der Waals surface area contributed by atoms with Crippen molar-refractivity contribution in [2.45, 2.75) is 91.3 Å².